The van der Waals surface area contributed by atoms with Gasteiger partial charge in [-0.15, -0.1) is 10.2 Å². The Kier molecular flexibility index (Phi) is 5.12. The third-order valence-electron chi connectivity index (χ3n) is 5.31. The van der Waals surface area contributed by atoms with E-state index in [0.717, 1.165) is 34.2 Å². The number of rotatable bonds is 5. The fourth-order valence-electron chi connectivity index (χ4n) is 3.58. The van der Waals surface area contributed by atoms with Crippen LogP contribution in [0.15, 0.2) is 95.7 Å². The van der Waals surface area contributed by atoms with Crippen molar-refractivity contribution in [3.63, 3.8) is 0 Å². The van der Waals surface area contributed by atoms with Crippen molar-refractivity contribution in [3.8, 4) is 28.3 Å². The smallest absolute Gasteiger partial charge is 0.247 e. The van der Waals surface area contributed by atoms with Crippen molar-refractivity contribution in [3.05, 3.63) is 103 Å². The minimum Gasteiger partial charge on any atom is -0.420 e. The van der Waals surface area contributed by atoms with Crippen LogP contribution in [0.4, 0.5) is 0 Å². The molecule has 2 heterocycles. The second kappa shape index (κ2) is 8.38. The van der Waals surface area contributed by atoms with Crippen molar-refractivity contribution in [2.24, 2.45) is 5.90 Å². The molecule has 0 amide bonds. The average molecular weight is 408 g/mol. The molecule has 2 aromatic heterocycles. The highest BCUT2D eigenvalue weighted by atomic mass is 16.6. The van der Waals surface area contributed by atoms with E-state index in [4.69, 9.17) is 15.2 Å². The Morgan fingerprint density at radius 3 is 2.26 bits per heavy atom. The summed E-state index contributed by atoms with van der Waals surface area (Å²) < 4.78 is 5.98. The largest absolute Gasteiger partial charge is 0.420 e. The molecule has 2 N–H and O–H groups in total. The van der Waals surface area contributed by atoms with Crippen molar-refractivity contribution in [1.29, 1.82) is 0 Å². The van der Waals surface area contributed by atoms with Crippen LogP contribution < -0.4 is 10.7 Å². The van der Waals surface area contributed by atoms with E-state index in [-0.39, 0.29) is 5.92 Å². The van der Waals surface area contributed by atoms with Gasteiger partial charge in [0.25, 0.3) is 0 Å². The lowest BCUT2D eigenvalue weighted by Crippen LogP contribution is -2.00. The van der Waals surface area contributed by atoms with Gasteiger partial charge in [0.1, 0.15) is 5.75 Å². The molecule has 0 bridgehead atoms. The van der Waals surface area contributed by atoms with Crippen molar-refractivity contribution in [2.75, 3.05) is 0 Å². The molecule has 0 fully saturated rings. The molecule has 6 nitrogen and oxygen atoms in total. The van der Waals surface area contributed by atoms with Gasteiger partial charge in [0.15, 0.2) is 0 Å². The van der Waals surface area contributed by atoms with Crippen LogP contribution in [0.1, 0.15) is 23.8 Å². The van der Waals surface area contributed by atoms with Gasteiger partial charge in [0.2, 0.25) is 11.8 Å². The first-order valence-corrected chi connectivity index (χ1v) is 10.00. The molecule has 4 aromatic rings. The number of nitrogens with two attached hydrogens (primary N) is 1. The molecule has 1 aliphatic carbocycles. The quantitative estimate of drug-likeness (QED) is 0.458. The molecule has 2 aromatic carbocycles. The van der Waals surface area contributed by atoms with E-state index in [1.54, 1.807) is 6.20 Å². The van der Waals surface area contributed by atoms with E-state index < -0.39 is 0 Å². The molecule has 0 aliphatic heterocycles. The number of pyridine rings is 1. The standard InChI is InChI=1S/C25H20N4O2/c26-31-23-13-11-18(12-14-23)17-3-7-20(8-4-17)24-28-29-25(30-24)21-9-5-19(6-10-21)22-2-1-15-27-16-22/h1-9,11-16,21H,10,26H2. The first-order valence-electron chi connectivity index (χ1n) is 10.00. The summed E-state index contributed by atoms with van der Waals surface area (Å²) >= 11 is 0. The number of benzene rings is 2. The van der Waals surface area contributed by atoms with E-state index >= 15 is 0 Å². The SMILES string of the molecule is NOc1ccc(-c2ccc(-c3nnc(C4C=CC(c5cccnc5)=CC4)o3)cc2)cc1. The molecule has 1 unspecified atom stereocenters. The fraction of sp³-hybridized carbons (Fsp3) is 0.0800. The fourth-order valence-corrected chi connectivity index (χ4v) is 3.58. The lowest BCUT2D eigenvalue weighted by atomic mass is 9.94. The monoisotopic (exact) mass is 408 g/mol. The Labute approximate surface area is 179 Å². The number of nitrogens with zero attached hydrogens (tertiary/aromatic N) is 3. The van der Waals surface area contributed by atoms with Crippen LogP contribution >= 0.6 is 0 Å². The first-order chi connectivity index (χ1) is 15.3. The summed E-state index contributed by atoms with van der Waals surface area (Å²) in [5.41, 5.74) is 5.30. The Bertz CT molecular complexity index is 1230. The average Bonchev–Trinajstić information content (AvgIpc) is 3.35. The normalized spacial score (nSPS) is 15.5. The molecular weight excluding hydrogens is 388 g/mol. The Balaban J connectivity index is 1.29. The highest BCUT2D eigenvalue weighted by Gasteiger charge is 2.19. The second-order valence-electron chi connectivity index (χ2n) is 7.27. The summed E-state index contributed by atoms with van der Waals surface area (Å²) in [6.07, 6.45) is 10.8. The molecule has 5 rings (SSSR count). The maximum absolute atomic E-state index is 5.98. The Morgan fingerprint density at radius 2 is 1.61 bits per heavy atom. The van der Waals surface area contributed by atoms with Gasteiger partial charge in [-0.25, -0.2) is 0 Å². The van der Waals surface area contributed by atoms with E-state index in [9.17, 15) is 0 Å². The molecule has 0 spiro atoms. The van der Waals surface area contributed by atoms with E-state index in [2.05, 4.69) is 39.5 Å². The molecule has 6 heteroatoms. The predicted octanol–water partition coefficient (Wildman–Crippen LogP) is 5.18. The third kappa shape index (κ3) is 4.01. The topological polar surface area (TPSA) is 87.1 Å². The summed E-state index contributed by atoms with van der Waals surface area (Å²) in [7, 11) is 0. The summed E-state index contributed by atoms with van der Waals surface area (Å²) in [6, 6.07) is 19.6. The summed E-state index contributed by atoms with van der Waals surface area (Å²) in [4.78, 5) is 8.90. The van der Waals surface area contributed by atoms with Gasteiger partial charge < -0.3 is 9.25 Å². The van der Waals surface area contributed by atoms with Gasteiger partial charge in [-0.05, 0) is 59.0 Å². The van der Waals surface area contributed by atoms with Gasteiger partial charge in [0, 0.05) is 18.0 Å². The highest BCUT2D eigenvalue weighted by Crippen LogP contribution is 2.32. The predicted molar refractivity (Wildman–Crippen MR) is 119 cm³/mol. The van der Waals surface area contributed by atoms with Crippen LogP contribution in [-0.4, -0.2) is 15.2 Å². The van der Waals surface area contributed by atoms with Gasteiger partial charge >= 0.3 is 0 Å². The molecule has 0 saturated heterocycles. The van der Waals surface area contributed by atoms with Crippen molar-refractivity contribution in [2.45, 2.75) is 12.3 Å². The van der Waals surface area contributed by atoms with E-state index in [1.807, 2.05) is 60.8 Å². The van der Waals surface area contributed by atoms with Crippen LogP contribution in [0.3, 0.4) is 0 Å². The van der Waals surface area contributed by atoms with Crippen LogP contribution in [0.2, 0.25) is 0 Å². The summed E-state index contributed by atoms with van der Waals surface area (Å²) in [5, 5.41) is 8.53. The number of allylic oxidation sites excluding steroid dienone is 4. The minimum absolute atomic E-state index is 0.0734. The van der Waals surface area contributed by atoms with E-state index in [0.29, 0.717) is 17.5 Å². The maximum atomic E-state index is 5.98. The summed E-state index contributed by atoms with van der Waals surface area (Å²) in [6.45, 7) is 0. The number of hydrogen-bond acceptors (Lipinski definition) is 6. The van der Waals surface area contributed by atoms with Gasteiger partial charge in [-0.1, -0.05) is 48.6 Å². The molecule has 1 aliphatic rings. The molecule has 31 heavy (non-hydrogen) atoms. The van der Waals surface area contributed by atoms with Gasteiger partial charge in [-0.2, -0.15) is 5.90 Å². The van der Waals surface area contributed by atoms with Gasteiger partial charge in [-0.3, -0.25) is 4.98 Å². The van der Waals surface area contributed by atoms with Crippen LogP contribution in [0, 0.1) is 0 Å². The van der Waals surface area contributed by atoms with Crippen LogP contribution in [-0.2, 0) is 0 Å². The molecule has 1 atom stereocenters. The number of aromatic nitrogens is 3. The molecule has 152 valence electrons. The van der Waals surface area contributed by atoms with Crippen molar-refractivity contribution >= 4 is 5.57 Å². The minimum atomic E-state index is 0.0734. The third-order valence-corrected chi connectivity index (χ3v) is 5.31. The van der Waals surface area contributed by atoms with Crippen LogP contribution in [0.5, 0.6) is 5.75 Å². The Morgan fingerprint density at radius 1 is 0.871 bits per heavy atom. The first kappa shape index (κ1) is 19.0. The molecular formula is C25H20N4O2. The Hall–Kier alpha value is -4.03. The van der Waals surface area contributed by atoms with Gasteiger partial charge in [0.05, 0.1) is 5.92 Å². The molecule has 0 saturated carbocycles. The van der Waals surface area contributed by atoms with E-state index in [1.165, 1.54) is 0 Å². The summed E-state index contributed by atoms with van der Waals surface area (Å²) in [5.74, 6) is 7.01. The zero-order chi connectivity index (χ0) is 21.0. The zero-order valence-electron chi connectivity index (χ0n) is 16.7. The number of hydrogen-bond donors (Lipinski definition) is 1. The second-order valence-corrected chi connectivity index (χ2v) is 7.27. The van der Waals surface area contributed by atoms with Crippen LogP contribution in [0.25, 0.3) is 28.2 Å². The van der Waals surface area contributed by atoms with Crippen molar-refractivity contribution in [1.82, 2.24) is 15.2 Å². The lowest BCUT2D eigenvalue weighted by molar-refractivity contribution is 0.334. The highest BCUT2D eigenvalue weighted by molar-refractivity contribution is 5.74. The lowest BCUT2D eigenvalue weighted by Gasteiger charge is -2.12. The zero-order valence-corrected chi connectivity index (χ0v) is 16.7. The maximum Gasteiger partial charge on any atom is 0.247 e. The van der Waals surface area contributed by atoms with Crippen molar-refractivity contribution < 1.29 is 9.25 Å². The molecule has 0 radical (unpaired) electrons.